The van der Waals surface area contributed by atoms with Crippen molar-refractivity contribution in [3.63, 3.8) is 0 Å². The number of hydrogen-bond donors (Lipinski definition) is 0. The summed E-state index contributed by atoms with van der Waals surface area (Å²) in [5, 5.41) is 2.36. The molecule has 1 amide bonds. The normalized spacial score (nSPS) is 10.5. The summed E-state index contributed by atoms with van der Waals surface area (Å²) < 4.78 is 5.33. The molecule has 0 saturated carbocycles. The van der Waals surface area contributed by atoms with E-state index in [1.165, 1.54) is 30.0 Å². The zero-order valence-corrected chi connectivity index (χ0v) is 17.3. The van der Waals surface area contributed by atoms with E-state index in [1.807, 2.05) is 61.5 Å². The molecule has 0 radical (unpaired) electrons. The minimum atomic E-state index is -0.297. The Morgan fingerprint density at radius 3 is 2.54 bits per heavy atom. The van der Waals surface area contributed by atoms with Gasteiger partial charge in [0.25, 0.3) is 0 Å². The first-order chi connectivity index (χ1) is 13.5. The highest BCUT2D eigenvalue weighted by atomic mass is 32.2. The van der Waals surface area contributed by atoms with Crippen molar-refractivity contribution in [3.05, 3.63) is 71.2 Å². The Labute approximate surface area is 172 Å². The molecule has 3 aromatic rings. The van der Waals surface area contributed by atoms with E-state index in [-0.39, 0.29) is 24.2 Å². The summed E-state index contributed by atoms with van der Waals surface area (Å²) in [6, 6.07) is 17.3. The summed E-state index contributed by atoms with van der Waals surface area (Å²) in [6.45, 7) is 3.60. The molecule has 7 heteroatoms. The van der Waals surface area contributed by atoms with Crippen LogP contribution >= 0.6 is 23.1 Å². The molecule has 0 unspecified atom stereocenters. The smallest absolute Gasteiger partial charge is 0.316 e. The second kappa shape index (κ2) is 9.52. The molecule has 0 aliphatic heterocycles. The first-order valence-electron chi connectivity index (χ1n) is 8.69. The average Bonchev–Trinajstić information content (AvgIpc) is 3.15. The predicted molar refractivity (Wildman–Crippen MR) is 113 cm³/mol. The lowest BCUT2D eigenvalue weighted by molar-refractivity contribution is -0.141. The molecule has 0 atom stereocenters. The number of carbonyl (C=O) groups excluding carboxylic acids is 2. The largest absolute Gasteiger partial charge is 0.459 e. The molecule has 0 fully saturated rings. The number of para-hydroxylation sites is 1. The fourth-order valence-electron chi connectivity index (χ4n) is 2.52. The van der Waals surface area contributed by atoms with Crippen LogP contribution in [0.4, 0.5) is 10.8 Å². The summed E-state index contributed by atoms with van der Waals surface area (Å²) in [6.07, 6.45) is 0. The molecule has 2 aromatic carbocycles. The van der Waals surface area contributed by atoms with Gasteiger partial charge in [-0.05, 0) is 30.7 Å². The number of esters is 1. The molecule has 144 valence electrons. The number of benzene rings is 2. The Kier molecular flexibility index (Phi) is 6.84. The van der Waals surface area contributed by atoms with E-state index in [9.17, 15) is 9.59 Å². The van der Waals surface area contributed by atoms with E-state index in [0.29, 0.717) is 10.8 Å². The number of hydrogen-bond acceptors (Lipinski definition) is 6. The van der Waals surface area contributed by atoms with Gasteiger partial charge in [-0.3, -0.25) is 14.5 Å². The molecule has 1 aromatic heterocycles. The Morgan fingerprint density at radius 2 is 1.82 bits per heavy atom. The first-order valence-corrected chi connectivity index (χ1v) is 10.6. The second-order valence-electron chi connectivity index (χ2n) is 6.03. The van der Waals surface area contributed by atoms with Gasteiger partial charge in [0.2, 0.25) is 5.91 Å². The number of aryl methyl sites for hydroxylation is 1. The van der Waals surface area contributed by atoms with Crippen LogP contribution in [0, 0.1) is 6.92 Å². The van der Waals surface area contributed by atoms with E-state index in [4.69, 9.17) is 4.74 Å². The van der Waals surface area contributed by atoms with Crippen molar-refractivity contribution in [1.82, 2.24) is 4.98 Å². The number of anilines is 2. The number of amides is 1. The van der Waals surface area contributed by atoms with Crippen LogP contribution in [0.15, 0.2) is 64.9 Å². The molecule has 3 rings (SSSR count). The lowest BCUT2D eigenvalue weighted by atomic mass is 10.2. The van der Waals surface area contributed by atoms with E-state index in [2.05, 4.69) is 4.98 Å². The Morgan fingerprint density at radius 1 is 1.11 bits per heavy atom. The molecular formula is C21H20N2O3S2. The average molecular weight is 413 g/mol. The van der Waals surface area contributed by atoms with Gasteiger partial charge in [-0.15, -0.1) is 23.1 Å². The summed E-state index contributed by atoms with van der Waals surface area (Å²) >= 11 is 2.80. The predicted octanol–water partition coefficient (Wildman–Crippen LogP) is 4.97. The number of carbonyl (C=O) groups is 2. The third-order valence-electron chi connectivity index (χ3n) is 3.88. The van der Waals surface area contributed by atoms with Gasteiger partial charge in [-0.25, -0.2) is 4.98 Å². The molecule has 0 bridgehead atoms. The van der Waals surface area contributed by atoms with E-state index in [0.717, 1.165) is 16.1 Å². The SMILES string of the molecule is CC(=O)N(c1ccccc1)c1nc(COC(=O)CSc2ccccc2C)cs1. The van der Waals surface area contributed by atoms with Gasteiger partial charge in [0.05, 0.1) is 17.1 Å². The van der Waals surface area contributed by atoms with Gasteiger partial charge >= 0.3 is 5.97 Å². The number of aromatic nitrogens is 1. The maximum Gasteiger partial charge on any atom is 0.316 e. The van der Waals surface area contributed by atoms with E-state index < -0.39 is 0 Å². The van der Waals surface area contributed by atoms with Crippen molar-refractivity contribution in [3.8, 4) is 0 Å². The first kappa shape index (κ1) is 20.1. The fraction of sp³-hybridized carbons (Fsp3) is 0.190. The number of ether oxygens (including phenoxy) is 1. The molecule has 0 N–H and O–H groups in total. The molecular weight excluding hydrogens is 392 g/mol. The topological polar surface area (TPSA) is 59.5 Å². The summed E-state index contributed by atoms with van der Waals surface area (Å²) in [4.78, 5) is 31.2. The Bertz CT molecular complexity index is 957. The number of thiazole rings is 1. The van der Waals surface area contributed by atoms with Crippen molar-refractivity contribution in [2.45, 2.75) is 25.3 Å². The van der Waals surface area contributed by atoms with Gasteiger partial charge in [0.15, 0.2) is 5.13 Å². The highest BCUT2D eigenvalue weighted by Gasteiger charge is 2.18. The van der Waals surface area contributed by atoms with Crippen molar-refractivity contribution >= 4 is 45.8 Å². The third kappa shape index (κ3) is 5.21. The van der Waals surface area contributed by atoms with Gasteiger partial charge in [-0.1, -0.05) is 36.4 Å². The lowest BCUT2D eigenvalue weighted by Gasteiger charge is -2.17. The Balaban J connectivity index is 1.57. The number of thioether (sulfide) groups is 1. The van der Waals surface area contributed by atoms with Crippen LogP contribution < -0.4 is 4.90 Å². The third-order valence-corrected chi connectivity index (χ3v) is 5.90. The minimum Gasteiger partial charge on any atom is -0.459 e. The van der Waals surface area contributed by atoms with Crippen molar-refractivity contribution in [2.75, 3.05) is 10.7 Å². The van der Waals surface area contributed by atoms with Crippen LogP contribution in [-0.2, 0) is 20.9 Å². The molecule has 5 nitrogen and oxygen atoms in total. The summed E-state index contributed by atoms with van der Waals surface area (Å²) in [7, 11) is 0. The number of rotatable bonds is 7. The van der Waals surface area contributed by atoms with Crippen LogP contribution in [0.5, 0.6) is 0 Å². The van der Waals surface area contributed by atoms with E-state index >= 15 is 0 Å². The Hall–Kier alpha value is -2.64. The van der Waals surface area contributed by atoms with Crippen LogP contribution in [0.3, 0.4) is 0 Å². The molecule has 0 aliphatic carbocycles. The second-order valence-corrected chi connectivity index (χ2v) is 7.88. The molecule has 0 aliphatic rings. The fourth-order valence-corrected chi connectivity index (χ4v) is 4.22. The molecule has 28 heavy (non-hydrogen) atoms. The quantitative estimate of drug-likeness (QED) is 0.405. The van der Waals surface area contributed by atoms with Crippen LogP contribution in [0.2, 0.25) is 0 Å². The summed E-state index contributed by atoms with van der Waals surface area (Å²) in [5.74, 6) is -0.182. The maximum absolute atomic E-state index is 12.1. The molecule has 0 saturated heterocycles. The summed E-state index contributed by atoms with van der Waals surface area (Å²) in [5.41, 5.74) is 2.51. The maximum atomic E-state index is 12.1. The zero-order chi connectivity index (χ0) is 19.9. The van der Waals surface area contributed by atoms with Crippen LogP contribution in [0.25, 0.3) is 0 Å². The van der Waals surface area contributed by atoms with Gasteiger partial charge in [-0.2, -0.15) is 0 Å². The van der Waals surface area contributed by atoms with E-state index in [1.54, 1.807) is 10.3 Å². The monoisotopic (exact) mass is 412 g/mol. The van der Waals surface area contributed by atoms with Crippen molar-refractivity contribution in [1.29, 1.82) is 0 Å². The molecule has 0 spiro atoms. The highest BCUT2D eigenvalue weighted by Crippen LogP contribution is 2.29. The van der Waals surface area contributed by atoms with Crippen LogP contribution in [-0.4, -0.2) is 22.6 Å². The number of nitrogens with zero attached hydrogens (tertiary/aromatic N) is 2. The van der Waals surface area contributed by atoms with Gasteiger partial charge in [0.1, 0.15) is 6.61 Å². The standard InChI is InChI=1S/C21H20N2O3S2/c1-15-8-6-7-11-19(15)27-14-20(25)26-12-17-13-28-21(22-17)23(16(2)24)18-9-4-3-5-10-18/h3-11,13H,12,14H2,1-2H3. The minimum absolute atomic E-state index is 0.0875. The lowest BCUT2D eigenvalue weighted by Crippen LogP contribution is -2.22. The highest BCUT2D eigenvalue weighted by molar-refractivity contribution is 8.00. The van der Waals surface area contributed by atoms with Crippen molar-refractivity contribution < 1.29 is 14.3 Å². The van der Waals surface area contributed by atoms with Crippen molar-refractivity contribution in [2.24, 2.45) is 0 Å². The van der Waals surface area contributed by atoms with Crippen LogP contribution in [0.1, 0.15) is 18.2 Å². The van der Waals surface area contributed by atoms with Gasteiger partial charge < -0.3 is 4.74 Å². The van der Waals surface area contributed by atoms with Gasteiger partial charge in [0, 0.05) is 17.2 Å². The molecule has 1 heterocycles. The zero-order valence-electron chi connectivity index (χ0n) is 15.6.